The van der Waals surface area contributed by atoms with Gasteiger partial charge in [0, 0.05) is 22.9 Å². The third-order valence-corrected chi connectivity index (χ3v) is 7.37. The zero-order valence-electron chi connectivity index (χ0n) is 15.1. The smallest absolute Gasteiger partial charge is 0.255 e. The van der Waals surface area contributed by atoms with E-state index >= 15 is 0 Å². The third kappa shape index (κ3) is 2.68. The van der Waals surface area contributed by atoms with Crippen molar-refractivity contribution in [3.63, 3.8) is 0 Å². The Morgan fingerprint density at radius 3 is 2.97 bits per heavy atom. The van der Waals surface area contributed by atoms with Crippen molar-refractivity contribution in [1.29, 1.82) is 0 Å². The van der Waals surface area contributed by atoms with Gasteiger partial charge in [0.2, 0.25) is 0 Å². The number of hydrogen-bond acceptors (Lipinski definition) is 6. The van der Waals surface area contributed by atoms with Gasteiger partial charge in [0.15, 0.2) is 0 Å². The molecule has 144 valence electrons. The molecule has 1 aromatic carbocycles. The summed E-state index contributed by atoms with van der Waals surface area (Å²) in [5.74, 6) is 1.88. The summed E-state index contributed by atoms with van der Waals surface area (Å²) < 4.78 is 1.58. The Labute approximate surface area is 180 Å². The molecule has 0 amide bonds. The van der Waals surface area contributed by atoms with Crippen molar-refractivity contribution >= 4 is 56.1 Å². The molecule has 0 aliphatic heterocycles. The number of anilines is 1. The molecule has 0 radical (unpaired) electrons. The Balaban J connectivity index is 1.46. The first-order valence-electron chi connectivity index (χ1n) is 9.26. The normalized spacial score (nSPS) is 17.0. The summed E-state index contributed by atoms with van der Waals surface area (Å²) in [6.45, 7) is 0.576. The van der Waals surface area contributed by atoms with Crippen molar-refractivity contribution in [3.05, 3.63) is 63.0 Å². The molecule has 0 saturated carbocycles. The van der Waals surface area contributed by atoms with Crippen LogP contribution in [0.3, 0.4) is 0 Å². The van der Waals surface area contributed by atoms with Crippen LogP contribution in [0, 0.1) is 0 Å². The molecule has 1 N–H and O–H groups in total. The van der Waals surface area contributed by atoms with E-state index in [0.717, 1.165) is 28.0 Å². The second-order valence-corrected chi connectivity index (χ2v) is 8.97. The molecule has 3 heterocycles. The Morgan fingerprint density at radius 2 is 2.14 bits per heavy atom. The maximum atomic E-state index is 6.17. The molecule has 2 aliphatic rings. The van der Waals surface area contributed by atoms with Crippen LogP contribution in [0.25, 0.3) is 21.7 Å². The first-order chi connectivity index (χ1) is 14.2. The fourth-order valence-electron chi connectivity index (χ4n) is 4.09. The van der Waals surface area contributed by atoms with E-state index in [0.29, 0.717) is 28.5 Å². The summed E-state index contributed by atoms with van der Waals surface area (Å²) in [6.07, 6.45) is 7.79. The molecule has 1 unspecified atom stereocenters. The summed E-state index contributed by atoms with van der Waals surface area (Å²) >= 11 is 14.0. The van der Waals surface area contributed by atoms with Crippen LogP contribution in [0.5, 0.6) is 0 Å². The lowest BCUT2D eigenvalue weighted by molar-refractivity contribution is 0.797. The molecule has 0 spiro atoms. The van der Waals surface area contributed by atoms with Crippen molar-refractivity contribution < 1.29 is 0 Å². The van der Waals surface area contributed by atoms with Gasteiger partial charge in [-0.1, -0.05) is 35.3 Å². The van der Waals surface area contributed by atoms with Gasteiger partial charge in [-0.15, -0.1) is 11.3 Å². The molecule has 29 heavy (non-hydrogen) atoms. The number of fused-ring (bicyclic) bond motifs is 6. The van der Waals surface area contributed by atoms with Crippen LogP contribution < -0.4 is 5.32 Å². The van der Waals surface area contributed by atoms with E-state index in [1.165, 1.54) is 28.8 Å². The maximum absolute atomic E-state index is 6.17. The number of halogens is 2. The lowest BCUT2D eigenvalue weighted by Crippen LogP contribution is -2.11. The highest BCUT2D eigenvalue weighted by molar-refractivity contribution is 7.19. The number of nitrogens with zero attached hydrogens (tertiary/aromatic N) is 5. The Kier molecular flexibility index (Phi) is 3.91. The second-order valence-electron chi connectivity index (χ2n) is 7.13. The number of hydrogen-bond donors (Lipinski definition) is 1. The van der Waals surface area contributed by atoms with Crippen LogP contribution in [0.1, 0.15) is 34.8 Å². The van der Waals surface area contributed by atoms with E-state index in [4.69, 9.17) is 33.2 Å². The van der Waals surface area contributed by atoms with Gasteiger partial charge in [0.05, 0.1) is 15.4 Å². The molecule has 1 atom stereocenters. The summed E-state index contributed by atoms with van der Waals surface area (Å²) in [5, 5.41) is 9.86. The van der Waals surface area contributed by atoms with Crippen LogP contribution in [0.4, 0.5) is 5.82 Å². The highest BCUT2D eigenvalue weighted by Crippen LogP contribution is 2.59. The lowest BCUT2D eigenvalue weighted by atomic mass is 9.80. The van der Waals surface area contributed by atoms with Crippen LogP contribution in [-0.4, -0.2) is 24.7 Å². The molecule has 3 aromatic heterocycles. The lowest BCUT2D eigenvalue weighted by Gasteiger charge is -2.26. The first-order valence-corrected chi connectivity index (χ1v) is 10.8. The summed E-state index contributed by atoms with van der Waals surface area (Å²) in [7, 11) is 0. The van der Waals surface area contributed by atoms with Gasteiger partial charge in [-0.2, -0.15) is 19.7 Å². The van der Waals surface area contributed by atoms with Gasteiger partial charge in [-0.3, -0.25) is 0 Å². The van der Waals surface area contributed by atoms with E-state index in [-0.39, 0.29) is 0 Å². The Hall–Kier alpha value is -2.48. The van der Waals surface area contributed by atoms with Gasteiger partial charge in [-0.05, 0) is 36.1 Å². The summed E-state index contributed by atoms with van der Waals surface area (Å²) in [6, 6.07) is 5.64. The average Bonchev–Trinajstić information content (AvgIpc) is 3.44. The minimum absolute atomic E-state index is 0.507. The van der Waals surface area contributed by atoms with Crippen LogP contribution >= 0.6 is 34.5 Å². The zero-order valence-corrected chi connectivity index (χ0v) is 17.4. The van der Waals surface area contributed by atoms with Gasteiger partial charge >= 0.3 is 0 Å². The van der Waals surface area contributed by atoms with E-state index in [1.807, 2.05) is 18.2 Å². The van der Waals surface area contributed by atoms with E-state index in [9.17, 15) is 0 Å². The van der Waals surface area contributed by atoms with Crippen molar-refractivity contribution in [1.82, 2.24) is 24.7 Å². The van der Waals surface area contributed by atoms with Gasteiger partial charge in [-0.25, -0.2) is 4.98 Å². The standard InChI is InChI=1S/C20H14Cl2N6S/c21-13-5-4-10(6-14(13)22)7-24-18-16-15-11-2-1-3-12(11)17(15)29-19(16)27-20(26-18)28-9-23-8-25-28/h2,4-6,8-9,12H,1,3,7H2,(H,24,26,27). The van der Waals surface area contributed by atoms with E-state index < -0.39 is 0 Å². The largest absolute Gasteiger partial charge is 0.365 e. The fraction of sp³-hybridized carbons (Fsp3) is 0.200. The molecule has 6 nitrogen and oxygen atoms in total. The molecule has 6 rings (SSSR count). The quantitative estimate of drug-likeness (QED) is 0.455. The zero-order chi connectivity index (χ0) is 19.5. The minimum Gasteiger partial charge on any atom is -0.365 e. The molecule has 9 heteroatoms. The van der Waals surface area contributed by atoms with Gasteiger partial charge < -0.3 is 5.32 Å². The summed E-state index contributed by atoms with van der Waals surface area (Å²) in [4.78, 5) is 16.0. The van der Waals surface area contributed by atoms with Crippen molar-refractivity contribution in [2.24, 2.45) is 0 Å². The van der Waals surface area contributed by atoms with Crippen molar-refractivity contribution in [3.8, 4) is 5.95 Å². The predicted molar refractivity (Wildman–Crippen MR) is 116 cm³/mol. The van der Waals surface area contributed by atoms with E-state index in [1.54, 1.807) is 22.3 Å². The third-order valence-electron chi connectivity index (χ3n) is 5.43. The number of thiophene rings is 1. The van der Waals surface area contributed by atoms with Crippen LogP contribution in [0.15, 0.2) is 36.9 Å². The molecule has 2 aliphatic carbocycles. The fourth-order valence-corrected chi connectivity index (χ4v) is 5.76. The van der Waals surface area contributed by atoms with E-state index in [2.05, 4.69) is 21.5 Å². The maximum Gasteiger partial charge on any atom is 0.255 e. The van der Waals surface area contributed by atoms with Gasteiger partial charge in [0.1, 0.15) is 23.3 Å². The second kappa shape index (κ2) is 6.52. The number of rotatable bonds is 4. The number of aromatic nitrogens is 5. The highest BCUT2D eigenvalue weighted by Gasteiger charge is 2.39. The number of benzene rings is 1. The SMILES string of the molecule is Clc1ccc(CNc2nc(-n3cncn3)nc3sc4c(c23)C2=CCCC24)cc1Cl. The molecule has 4 aromatic rings. The molecular formula is C20H14Cl2N6S. The first kappa shape index (κ1) is 17.4. The summed E-state index contributed by atoms with van der Waals surface area (Å²) in [5.41, 5.74) is 3.79. The van der Waals surface area contributed by atoms with Crippen LogP contribution in [0.2, 0.25) is 10.0 Å². The topological polar surface area (TPSA) is 68.5 Å². The highest BCUT2D eigenvalue weighted by atomic mass is 35.5. The molecule has 0 saturated heterocycles. The van der Waals surface area contributed by atoms with Gasteiger partial charge in [0.25, 0.3) is 5.95 Å². The average molecular weight is 441 g/mol. The van der Waals surface area contributed by atoms with Crippen molar-refractivity contribution in [2.45, 2.75) is 25.3 Å². The van der Waals surface area contributed by atoms with Crippen LogP contribution in [-0.2, 0) is 6.54 Å². The number of nitrogens with one attached hydrogen (secondary N) is 1. The monoisotopic (exact) mass is 440 g/mol. The Bertz CT molecular complexity index is 1290. The van der Waals surface area contributed by atoms with Crippen molar-refractivity contribution in [2.75, 3.05) is 5.32 Å². The molecule has 0 fully saturated rings. The Morgan fingerprint density at radius 1 is 1.21 bits per heavy atom. The minimum atomic E-state index is 0.507. The number of allylic oxidation sites excluding steroid dienone is 2. The predicted octanol–water partition coefficient (Wildman–Crippen LogP) is 5.47. The molecular weight excluding hydrogens is 427 g/mol. The molecule has 0 bridgehead atoms.